The first-order valence-corrected chi connectivity index (χ1v) is 11.2. The number of rotatable bonds is 2. The van der Waals surface area contributed by atoms with Crippen LogP contribution >= 0.6 is 0 Å². The number of hydrogen-bond donors (Lipinski definition) is 1. The molecule has 1 N–H and O–H groups in total. The normalized spacial score (nSPS) is 42.2. The minimum Gasteiger partial charge on any atom is -0.493 e. The van der Waals surface area contributed by atoms with Crippen molar-refractivity contribution in [2.24, 2.45) is 11.8 Å². The third kappa shape index (κ3) is 2.05. The highest BCUT2D eigenvalue weighted by molar-refractivity contribution is 6.11. The summed E-state index contributed by atoms with van der Waals surface area (Å²) in [7, 11) is 4.91. The molecule has 6 rings (SSSR count). The molecule has 7 atom stereocenters. The molecular weight excluding hydrogens is 416 g/mol. The Balaban J connectivity index is 1.70. The molecule has 9 heteroatoms. The summed E-state index contributed by atoms with van der Waals surface area (Å²) in [6.45, 7) is 3.30. The van der Waals surface area contributed by atoms with Crippen molar-refractivity contribution in [2.75, 3.05) is 39.3 Å². The number of fused-ring (bicyclic) bond motifs is 2. The Morgan fingerprint density at radius 2 is 2.00 bits per heavy atom. The fourth-order valence-corrected chi connectivity index (χ4v) is 6.98. The van der Waals surface area contributed by atoms with Crippen LogP contribution in [0.1, 0.15) is 25.3 Å². The van der Waals surface area contributed by atoms with Crippen LogP contribution in [0.25, 0.3) is 0 Å². The molecule has 1 amide bonds. The zero-order valence-corrected chi connectivity index (χ0v) is 18.7. The number of nitrogens with zero attached hydrogens (tertiary/aromatic N) is 2. The Labute approximate surface area is 186 Å². The van der Waals surface area contributed by atoms with E-state index in [1.54, 1.807) is 12.1 Å². The maximum Gasteiger partial charge on any atom is 0.299 e. The number of carbonyl (C=O) groups is 2. The van der Waals surface area contributed by atoms with Gasteiger partial charge in [0.2, 0.25) is 0 Å². The molecule has 1 aliphatic carbocycles. The van der Waals surface area contributed by atoms with Crippen LogP contribution in [0.4, 0.5) is 5.69 Å². The Kier molecular flexibility index (Phi) is 4.11. The lowest BCUT2D eigenvalue weighted by atomic mass is 9.55. The van der Waals surface area contributed by atoms with Gasteiger partial charge < -0.3 is 29.0 Å². The van der Waals surface area contributed by atoms with E-state index in [0.29, 0.717) is 42.1 Å². The quantitative estimate of drug-likeness (QED) is 0.711. The van der Waals surface area contributed by atoms with Crippen LogP contribution in [0.5, 0.6) is 11.5 Å². The number of Topliss-reactive ketones (excluding diaryl/α,β-unsaturated/α-hetero) is 1. The Hall–Kier alpha value is -2.20. The summed E-state index contributed by atoms with van der Waals surface area (Å²) in [5, 5.41) is 12.7. The molecule has 1 saturated carbocycles. The lowest BCUT2D eigenvalue weighted by molar-refractivity contribution is -0.180. The second-order valence-corrected chi connectivity index (χ2v) is 9.64. The van der Waals surface area contributed by atoms with Gasteiger partial charge in [0, 0.05) is 13.0 Å². The highest BCUT2D eigenvalue weighted by Gasteiger charge is 2.79. The predicted octanol–water partition coefficient (Wildman–Crippen LogP) is 0.661. The highest BCUT2D eigenvalue weighted by Crippen LogP contribution is 2.67. The molecule has 4 aliphatic heterocycles. The number of benzene rings is 1. The third-order valence-corrected chi connectivity index (χ3v) is 8.38. The number of carbonyl (C=O) groups excluding carboxylic acids is 2. The van der Waals surface area contributed by atoms with Gasteiger partial charge in [0.05, 0.1) is 24.8 Å². The van der Waals surface area contributed by atoms with Crippen LogP contribution in [0.2, 0.25) is 0 Å². The maximum atomic E-state index is 14.4. The van der Waals surface area contributed by atoms with E-state index in [1.165, 1.54) is 19.1 Å². The van der Waals surface area contributed by atoms with Gasteiger partial charge in [-0.1, -0.05) is 6.07 Å². The summed E-state index contributed by atoms with van der Waals surface area (Å²) < 4.78 is 23.1. The van der Waals surface area contributed by atoms with Gasteiger partial charge in [-0.15, -0.1) is 0 Å². The van der Waals surface area contributed by atoms with E-state index in [-0.39, 0.29) is 23.7 Å². The molecule has 4 heterocycles. The van der Waals surface area contributed by atoms with Gasteiger partial charge in [-0.3, -0.25) is 14.5 Å². The monoisotopic (exact) mass is 444 g/mol. The van der Waals surface area contributed by atoms with Gasteiger partial charge in [-0.05, 0) is 51.5 Å². The van der Waals surface area contributed by atoms with Gasteiger partial charge in [0.25, 0.3) is 12.2 Å². The summed E-state index contributed by atoms with van der Waals surface area (Å²) in [5.41, 5.74) is -2.20. The summed E-state index contributed by atoms with van der Waals surface area (Å²) in [6, 6.07) is 3.53. The topological polar surface area (TPSA) is 97.8 Å². The molecule has 2 saturated heterocycles. The van der Waals surface area contributed by atoms with Crippen molar-refractivity contribution in [3.05, 3.63) is 17.7 Å². The average molecular weight is 444 g/mol. The van der Waals surface area contributed by atoms with Crippen molar-refractivity contribution in [1.82, 2.24) is 4.90 Å². The summed E-state index contributed by atoms with van der Waals surface area (Å²) in [5.74, 6) is -0.400. The molecule has 0 radical (unpaired) electrons. The van der Waals surface area contributed by atoms with E-state index in [0.717, 1.165) is 6.54 Å². The Bertz CT molecular complexity index is 1030. The summed E-state index contributed by atoms with van der Waals surface area (Å²) in [4.78, 5) is 31.5. The van der Waals surface area contributed by atoms with Crippen molar-refractivity contribution in [2.45, 2.75) is 49.4 Å². The summed E-state index contributed by atoms with van der Waals surface area (Å²) in [6.07, 6.45) is -1.21. The van der Waals surface area contributed by atoms with Crippen molar-refractivity contribution >= 4 is 17.4 Å². The standard InChI is InChI=1S/C23H28N2O7/c1-11-15-12-7-9-24(2)10-8-22(18(15)26)13-5-6-14(29-3)17-16(13)25(20(27)21(30-4)32-17)23(22,28)19(12)31-11/h5-6,11-12,15,19,21,28H,7-10H2,1-4H3/t11-,12-,15-,19+,21-,22-,23-/m0/s1. The lowest BCUT2D eigenvalue weighted by Gasteiger charge is -2.53. The summed E-state index contributed by atoms with van der Waals surface area (Å²) >= 11 is 0. The second kappa shape index (κ2) is 6.44. The van der Waals surface area contributed by atoms with Crippen molar-refractivity contribution in [3.63, 3.8) is 0 Å². The van der Waals surface area contributed by atoms with Crippen LogP contribution in [-0.4, -0.2) is 80.3 Å². The molecule has 9 nitrogen and oxygen atoms in total. The number of methoxy groups -OCH3 is 2. The zero-order valence-electron chi connectivity index (χ0n) is 18.7. The molecule has 4 bridgehead atoms. The molecular formula is C23H28N2O7. The van der Waals surface area contributed by atoms with Crippen LogP contribution in [0, 0.1) is 11.8 Å². The number of anilines is 1. The molecule has 3 fully saturated rings. The number of amides is 1. The molecule has 32 heavy (non-hydrogen) atoms. The van der Waals surface area contributed by atoms with E-state index < -0.39 is 29.4 Å². The number of ether oxygens (including phenoxy) is 4. The fraction of sp³-hybridized carbons (Fsp3) is 0.652. The lowest BCUT2D eigenvalue weighted by Crippen LogP contribution is -2.74. The van der Waals surface area contributed by atoms with E-state index >= 15 is 0 Å². The third-order valence-electron chi connectivity index (χ3n) is 8.38. The second-order valence-electron chi connectivity index (χ2n) is 9.64. The van der Waals surface area contributed by atoms with E-state index in [2.05, 4.69) is 4.90 Å². The molecule has 5 aliphatic rings. The number of aliphatic hydroxyl groups is 1. The Morgan fingerprint density at radius 3 is 2.72 bits per heavy atom. The SMILES string of the molecule is COc1ccc2c3c1O[C@H](OC)C(=O)N3[C@]1(O)[C@@H]3O[C@@H](C)[C@@H]4C(=O)[C@]21CCN(C)CC[C@@H]43. The predicted molar refractivity (Wildman–Crippen MR) is 112 cm³/mol. The number of hydrogen-bond acceptors (Lipinski definition) is 8. The van der Waals surface area contributed by atoms with Crippen molar-refractivity contribution < 1.29 is 33.6 Å². The average Bonchev–Trinajstić information content (AvgIpc) is 3.23. The smallest absolute Gasteiger partial charge is 0.299 e. The fourth-order valence-electron chi connectivity index (χ4n) is 6.98. The minimum atomic E-state index is -1.87. The molecule has 0 unspecified atom stereocenters. The highest BCUT2D eigenvalue weighted by atomic mass is 16.7. The van der Waals surface area contributed by atoms with Gasteiger partial charge in [0.15, 0.2) is 23.0 Å². The molecule has 1 spiro atoms. The van der Waals surface area contributed by atoms with Crippen LogP contribution in [-0.2, 0) is 24.5 Å². The first kappa shape index (κ1) is 20.4. The van der Waals surface area contributed by atoms with Gasteiger partial charge >= 0.3 is 0 Å². The first-order chi connectivity index (χ1) is 15.3. The van der Waals surface area contributed by atoms with E-state index in [9.17, 15) is 14.7 Å². The van der Waals surface area contributed by atoms with Gasteiger partial charge in [0.1, 0.15) is 11.5 Å². The Morgan fingerprint density at radius 1 is 1.22 bits per heavy atom. The van der Waals surface area contributed by atoms with E-state index in [1.807, 2.05) is 14.0 Å². The van der Waals surface area contributed by atoms with Crippen molar-refractivity contribution in [1.29, 1.82) is 0 Å². The van der Waals surface area contributed by atoms with Crippen molar-refractivity contribution in [3.8, 4) is 11.5 Å². The largest absolute Gasteiger partial charge is 0.493 e. The number of ketones is 1. The molecule has 1 aromatic carbocycles. The molecule has 172 valence electrons. The van der Waals surface area contributed by atoms with Crippen LogP contribution in [0.3, 0.4) is 0 Å². The molecule has 0 aromatic heterocycles. The van der Waals surface area contributed by atoms with Crippen LogP contribution < -0.4 is 14.4 Å². The van der Waals surface area contributed by atoms with Gasteiger partial charge in [-0.25, -0.2) is 0 Å². The van der Waals surface area contributed by atoms with Gasteiger partial charge in [-0.2, -0.15) is 0 Å². The molecule has 1 aromatic rings. The van der Waals surface area contributed by atoms with E-state index in [4.69, 9.17) is 18.9 Å². The zero-order chi connectivity index (χ0) is 22.6. The maximum absolute atomic E-state index is 14.4. The minimum absolute atomic E-state index is 0.0508. The van der Waals surface area contributed by atoms with Crippen LogP contribution in [0.15, 0.2) is 12.1 Å². The first-order valence-electron chi connectivity index (χ1n) is 11.2.